The third kappa shape index (κ3) is 4.00. The van der Waals surface area contributed by atoms with E-state index in [4.69, 9.17) is 21.1 Å². The number of aliphatic hydroxyl groups is 1. The zero-order valence-corrected chi connectivity index (χ0v) is 17.9. The fourth-order valence-electron chi connectivity index (χ4n) is 3.57. The first kappa shape index (κ1) is 21.7. The molecule has 0 spiro atoms. The topological polar surface area (TPSA) is 76.1 Å². The molecule has 3 rings (SSSR count). The molecule has 0 aromatic heterocycles. The lowest BCUT2D eigenvalue weighted by molar-refractivity contribution is -0.139. The number of hydrogen-bond donors (Lipinski definition) is 1. The second kappa shape index (κ2) is 9.22. The van der Waals surface area contributed by atoms with Crippen molar-refractivity contribution in [2.24, 2.45) is 0 Å². The van der Waals surface area contributed by atoms with Crippen LogP contribution in [0.15, 0.2) is 48.0 Å². The minimum atomic E-state index is -0.721. The maximum atomic E-state index is 13.0. The van der Waals surface area contributed by atoms with Gasteiger partial charge in [0.2, 0.25) is 0 Å². The van der Waals surface area contributed by atoms with Gasteiger partial charge in [-0.1, -0.05) is 37.1 Å². The minimum absolute atomic E-state index is 0.0295. The highest BCUT2D eigenvalue weighted by molar-refractivity contribution is 6.46. The number of rotatable bonds is 7. The van der Waals surface area contributed by atoms with E-state index >= 15 is 0 Å². The highest BCUT2D eigenvalue weighted by Crippen LogP contribution is 2.41. The van der Waals surface area contributed by atoms with Crippen LogP contribution in [0.4, 0.5) is 0 Å². The molecule has 1 saturated heterocycles. The number of halogens is 1. The summed E-state index contributed by atoms with van der Waals surface area (Å²) in [5, 5.41) is 11.7. The number of ketones is 1. The van der Waals surface area contributed by atoms with Crippen molar-refractivity contribution in [2.45, 2.75) is 25.8 Å². The van der Waals surface area contributed by atoms with Crippen LogP contribution in [0.25, 0.3) is 5.76 Å². The fraction of sp³-hybridized carbons (Fsp3) is 0.304. The number of carbonyl (C=O) groups excluding carboxylic acids is 2. The van der Waals surface area contributed by atoms with Crippen LogP contribution in [0.2, 0.25) is 5.02 Å². The molecule has 1 fully saturated rings. The zero-order chi connectivity index (χ0) is 21.8. The van der Waals surface area contributed by atoms with Crippen LogP contribution >= 0.6 is 11.6 Å². The zero-order valence-electron chi connectivity index (χ0n) is 17.1. The van der Waals surface area contributed by atoms with Crippen molar-refractivity contribution in [2.75, 3.05) is 20.8 Å². The van der Waals surface area contributed by atoms with Crippen molar-refractivity contribution >= 4 is 29.1 Å². The summed E-state index contributed by atoms with van der Waals surface area (Å²) < 4.78 is 10.6. The van der Waals surface area contributed by atoms with Gasteiger partial charge in [-0.2, -0.15) is 0 Å². The van der Waals surface area contributed by atoms with Crippen molar-refractivity contribution < 1.29 is 24.2 Å². The molecule has 1 aliphatic heterocycles. The maximum absolute atomic E-state index is 13.0. The van der Waals surface area contributed by atoms with E-state index in [0.29, 0.717) is 34.2 Å². The standard InChI is InChI=1S/C23H24ClNO5/c1-4-5-12-25-20(14-6-8-15(24)9-7-14)19(22(27)23(25)28)21(26)17-11-10-16(29-2)13-18(17)30-3/h6-11,13,20,26H,4-5,12H2,1-3H3/b21-19-. The molecule has 0 aliphatic carbocycles. The van der Waals surface area contributed by atoms with Gasteiger partial charge in [0.1, 0.15) is 17.3 Å². The molecular weight excluding hydrogens is 406 g/mol. The van der Waals surface area contributed by atoms with E-state index in [1.54, 1.807) is 42.5 Å². The molecule has 2 aromatic carbocycles. The summed E-state index contributed by atoms with van der Waals surface area (Å²) in [6, 6.07) is 11.1. The van der Waals surface area contributed by atoms with Gasteiger partial charge < -0.3 is 19.5 Å². The van der Waals surface area contributed by atoms with Crippen LogP contribution in [0, 0.1) is 0 Å². The lowest BCUT2D eigenvalue weighted by atomic mass is 9.95. The minimum Gasteiger partial charge on any atom is -0.507 e. The first-order chi connectivity index (χ1) is 14.4. The molecule has 1 heterocycles. The molecule has 0 radical (unpaired) electrons. The Balaban J connectivity index is 2.19. The van der Waals surface area contributed by atoms with Crippen molar-refractivity contribution in [1.82, 2.24) is 4.90 Å². The normalized spacial score (nSPS) is 18.0. The van der Waals surface area contributed by atoms with Crippen LogP contribution in [0.1, 0.15) is 36.9 Å². The van der Waals surface area contributed by atoms with Gasteiger partial charge in [0.05, 0.1) is 31.4 Å². The Morgan fingerprint density at radius 3 is 2.40 bits per heavy atom. The Kier molecular flexibility index (Phi) is 6.67. The molecule has 1 atom stereocenters. The van der Waals surface area contributed by atoms with Gasteiger partial charge in [0, 0.05) is 17.6 Å². The van der Waals surface area contributed by atoms with E-state index in [0.717, 1.165) is 12.8 Å². The lowest BCUT2D eigenvalue weighted by Gasteiger charge is -2.25. The molecule has 1 aliphatic rings. The van der Waals surface area contributed by atoms with Gasteiger partial charge >= 0.3 is 0 Å². The maximum Gasteiger partial charge on any atom is 0.295 e. The number of unbranched alkanes of at least 4 members (excludes halogenated alkanes) is 1. The highest BCUT2D eigenvalue weighted by atomic mass is 35.5. The largest absolute Gasteiger partial charge is 0.507 e. The number of hydrogen-bond acceptors (Lipinski definition) is 5. The first-order valence-electron chi connectivity index (χ1n) is 9.69. The number of likely N-dealkylation sites (tertiary alicyclic amines) is 1. The van der Waals surface area contributed by atoms with Crippen LogP contribution in [0.3, 0.4) is 0 Å². The average molecular weight is 430 g/mol. The van der Waals surface area contributed by atoms with Gasteiger partial charge in [-0.15, -0.1) is 0 Å². The quantitative estimate of drug-likeness (QED) is 0.396. The molecular formula is C23H24ClNO5. The predicted molar refractivity (Wildman–Crippen MR) is 115 cm³/mol. The molecule has 7 heteroatoms. The number of carbonyl (C=O) groups is 2. The number of aliphatic hydroxyl groups excluding tert-OH is 1. The molecule has 2 aromatic rings. The van der Waals surface area contributed by atoms with Gasteiger partial charge in [-0.3, -0.25) is 9.59 Å². The molecule has 1 N–H and O–H groups in total. The summed E-state index contributed by atoms with van der Waals surface area (Å²) in [6.07, 6.45) is 1.60. The highest BCUT2D eigenvalue weighted by Gasteiger charge is 2.46. The van der Waals surface area contributed by atoms with Crippen molar-refractivity contribution in [3.8, 4) is 11.5 Å². The molecule has 0 bridgehead atoms. The Morgan fingerprint density at radius 1 is 1.10 bits per heavy atom. The molecule has 30 heavy (non-hydrogen) atoms. The Morgan fingerprint density at radius 2 is 1.80 bits per heavy atom. The summed E-state index contributed by atoms with van der Waals surface area (Å²) in [5.74, 6) is -0.756. The molecule has 6 nitrogen and oxygen atoms in total. The van der Waals surface area contributed by atoms with Crippen LogP contribution < -0.4 is 9.47 Å². The number of methoxy groups -OCH3 is 2. The summed E-state index contributed by atoms with van der Waals surface area (Å²) in [4.78, 5) is 27.3. The van der Waals surface area contributed by atoms with Gasteiger partial charge in [-0.05, 0) is 36.2 Å². The SMILES string of the molecule is CCCCN1C(=O)C(=O)/C(=C(\O)c2ccc(OC)cc2OC)C1c1ccc(Cl)cc1. The molecule has 158 valence electrons. The van der Waals surface area contributed by atoms with Crippen molar-refractivity contribution in [1.29, 1.82) is 0 Å². The Labute approximate surface area is 180 Å². The molecule has 1 amide bonds. The third-order valence-electron chi connectivity index (χ3n) is 5.14. The summed E-state index contributed by atoms with van der Waals surface area (Å²) in [5.41, 5.74) is 1.04. The lowest BCUT2D eigenvalue weighted by Crippen LogP contribution is -2.30. The number of benzene rings is 2. The molecule has 0 saturated carbocycles. The van der Waals surface area contributed by atoms with E-state index in [1.807, 2.05) is 6.92 Å². The average Bonchev–Trinajstić information content (AvgIpc) is 3.02. The summed E-state index contributed by atoms with van der Waals surface area (Å²) >= 11 is 6.02. The van der Waals surface area contributed by atoms with E-state index in [9.17, 15) is 14.7 Å². The predicted octanol–water partition coefficient (Wildman–Crippen LogP) is 4.58. The number of Topliss-reactive ketones (excluding diaryl/α,β-unsaturated/α-hetero) is 1. The van der Waals surface area contributed by atoms with Gasteiger partial charge in [0.25, 0.3) is 11.7 Å². The van der Waals surface area contributed by atoms with Crippen LogP contribution in [-0.4, -0.2) is 42.5 Å². The van der Waals surface area contributed by atoms with Crippen LogP contribution in [0.5, 0.6) is 11.5 Å². The van der Waals surface area contributed by atoms with E-state index in [1.165, 1.54) is 19.1 Å². The second-order valence-electron chi connectivity index (χ2n) is 6.96. The van der Waals surface area contributed by atoms with Gasteiger partial charge in [-0.25, -0.2) is 0 Å². The Bertz CT molecular complexity index is 984. The van der Waals surface area contributed by atoms with Crippen molar-refractivity contribution in [3.63, 3.8) is 0 Å². The number of nitrogens with zero attached hydrogens (tertiary/aromatic N) is 1. The van der Waals surface area contributed by atoms with E-state index in [2.05, 4.69) is 0 Å². The summed E-state index contributed by atoms with van der Waals surface area (Å²) in [7, 11) is 2.98. The summed E-state index contributed by atoms with van der Waals surface area (Å²) in [6.45, 7) is 2.42. The smallest absolute Gasteiger partial charge is 0.295 e. The number of ether oxygens (including phenoxy) is 2. The van der Waals surface area contributed by atoms with Gasteiger partial charge in [0.15, 0.2) is 0 Å². The van der Waals surface area contributed by atoms with E-state index < -0.39 is 17.7 Å². The second-order valence-corrected chi connectivity index (χ2v) is 7.40. The first-order valence-corrected chi connectivity index (χ1v) is 10.1. The van der Waals surface area contributed by atoms with Crippen LogP contribution in [-0.2, 0) is 9.59 Å². The monoisotopic (exact) mass is 429 g/mol. The fourth-order valence-corrected chi connectivity index (χ4v) is 3.70. The van der Waals surface area contributed by atoms with E-state index in [-0.39, 0.29) is 11.3 Å². The van der Waals surface area contributed by atoms with Crippen molar-refractivity contribution in [3.05, 3.63) is 64.2 Å². The number of amides is 1. The Hall–Kier alpha value is -2.99. The molecule has 1 unspecified atom stereocenters. The third-order valence-corrected chi connectivity index (χ3v) is 5.39.